The number of benzene rings is 7. The monoisotopic (exact) mass is 701 g/mol. The molecule has 0 saturated heterocycles. The van der Waals surface area contributed by atoms with E-state index in [-0.39, 0.29) is 0 Å². The smallest absolute Gasteiger partial charge is 0.0547 e. The maximum atomic E-state index is 2.46. The zero-order valence-electron chi connectivity index (χ0n) is 32.4. The minimum absolute atomic E-state index is 0.884. The number of aromatic nitrogens is 1. The van der Waals surface area contributed by atoms with Gasteiger partial charge in [-0.2, -0.15) is 0 Å². The molecule has 268 valence electrons. The molecule has 0 saturated carbocycles. The average molecular weight is 702 g/mol. The van der Waals surface area contributed by atoms with E-state index < -0.39 is 0 Å². The summed E-state index contributed by atoms with van der Waals surface area (Å²) in [6.07, 6.45) is 10.4. The SMILES string of the molecule is CCC(C)C.Cc1ccc(-c2ccc(-c3cccc4c3c3cc5ccccc5cc3n4-c3cccc(C4=CCCC=C4)c3)cc2)cc1.Cc1ccccc1. The second-order valence-electron chi connectivity index (χ2n) is 14.8. The number of rotatable bonds is 5. The molecule has 54 heavy (non-hydrogen) atoms. The Balaban J connectivity index is 0.000000324. The molecule has 0 fully saturated rings. The predicted molar refractivity (Wildman–Crippen MR) is 237 cm³/mol. The summed E-state index contributed by atoms with van der Waals surface area (Å²) < 4.78 is 2.46. The highest BCUT2D eigenvalue weighted by Crippen LogP contribution is 2.41. The van der Waals surface area contributed by atoms with E-state index in [0.717, 1.165) is 18.8 Å². The highest BCUT2D eigenvalue weighted by Gasteiger charge is 2.18. The van der Waals surface area contributed by atoms with Gasteiger partial charge in [0.25, 0.3) is 0 Å². The fraction of sp³-hybridized carbons (Fsp3) is 0.170. The summed E-state index contributed by atoms with van der Waals surface area (Å²) in [5.74, 6) is 0.884. The molecule has 8 aromatic rings. The zero-order valence-corrected chi connectivity index (χ0v) is 32.4. The lowest BCUT2D eigenvalue weighted by Crippen LogP contribution is -1.96. The first-order valence-corrected chi connectivity index (χ1v) is 19.5. The van der Waals surface area contributed by atoms with E-state index in [1.165, 1.54) is 89.2 Å². The van der Waals surface area contributed by atoms with Gasteiger partial charge in [-0.15, -0.1) is 0 Å². The van der Waals surface area contributed by atoms with Gasteiger partial charge < -0.3 is 4.57 Å². The third-order valence-corrected chi connectivity index (χ3v) is 10.4. The Morgan fingerprint density at radius 1 is 0.537 bits per heavy atom. The van der Waals surface area contributed by atoms with Crippen molar-refractivity contribution < 1.29 is 0 Å². The van der Waals surface area contributed by atoms with E-state index >= 15 is 0 Å². The van der Waals surface area contributed by atoms with Crippen LogP contribution >= 0.6 is 0 Å². The van der Waals surface area contributed by atoms with E-state index in [1.54, 1.807) is 0 Å². The van der Waals surface area contributed by atoms with E-state index in [2.05, 4.69) is 197 Å². The number of fused-ring (bicyclic) bond motifs is 4. The van der Waals surface area contributed by atoms with Gasteiger partial charge in [0.15, 0.2) is 0 Å². The first-order chi connectivity index (χ1) is 26.4. The maximum absolute atomic E-state index is 2.46. The average Bonchev–Trinajstić information content (AvgIpc) is 3.55. The molecule has 0 N–H and O–H groups in total. The lowest BCUT2D eigenvalue weighted by molar-refractivity contribution is 0.626. The highest BCUT2D eigenvalue weighted by molar-refractivity contribution is 6.18. The topological polar surface area (TPSA) is 4.93 Å². The van der Waals surface area contributed by atoms with E-state index in [9.17, 15) is 0 Å². The van der Waals surface area contributed by atoms with E-state index in [0.29, 0.717) is 0 Å². The number of hydrogen-bond acceptors (Lipinski definition) is 0. The third-order valence-electron chi connectivity index (χ3n) is 10.4. The summed E-state index contributed by atoms with van der Waals surface area (Å²) in [5.41, 5.74) is 13.8. The zero-order chi connectivity index (χ0) is 37.4. The van der Waals surface area contributed by atoms with Gasteiger partial charge in [-0.1, -0.05) is 184 Å². The number of aryl methyl sites for hydroxylation is 2. The Morgan fingerprint density at radius 2 is 1.15 bits per heavy atom. The number of nitrogens with zero attached hydrogens (tertiary/aromatic N) is 1. The Kier molecular flexibility index (Phi) is 11.4. The molecule has 0 spiro atoms. The number of allylic oxidation sites excluding steroid dienone is 4. The molecule has 7 aromatic carbocycles. The molecule has 0 bridgehead atoms. The summed E-state index contributed by atoms with van der Waals surface area (Å²) >= 11 is 0. The molecule has 0 unspecified atom stereocenters. The van der Waals surface area contributed by atoms with Gasteiger partial charge >= 0.3 is 0 Å². The van der Waals surface area contributed by atoms with Crippen LogP contribution < -0.4 is 0 Å². The second kappa shape index (κ2) is 16.8. The molecule has 1 nitrogen and oxygen atoms in total. The first-order valence-electron chi connectivity index (χ1n) is 19.5. The van der Waals surface area contributed by atoms with Crippen LogP contribution in [0.4, 0.5) is 0 Å². The lowest BCUT2D eigenvalue weighted by atomic mass is 9.96. The molecule has 9 rings (SSSR count). The molecule has 0 amide bonds. The van der Waals surface area contributed by atoms with Crippen molar-refractivity contribution in [3.05, 3.63) is 193 Å². The minimum Gasteiger partial charge on any atom is -0.309 e. The summed E-state index contributed by atoms with van der Waals surface area (Å²) in [5, 5.41) is 5.10. The molecule has 0 aliphatic heterocycles. The van der Waals surface area contributed by atoms with Gasteiger partial charge in [0, 0.05) is 16.5 Å². The largest absolute Gasteiger partial charge is 0.309 e. The molecule has 1 heterocycles. The molecule has 1 aliphatic rings. The fourth-order valence-electron chi connectivity index (χ4n) is 7.05. The van der Waals surface area contributed by atoms with Crippen molar-refractivity contribution in [2.75, 3.05) is 0 Å². The van der Waals surface area contributed by atoms with Gasteiger partial charge in [-0.25, -0.2) is 0 Å². The summed E-state index contributed by atoms with van der Waals surface area (Å²) in [6, 6.07) is 57.3. The van der Waals surface area contributed by atoms with Crippen LogP contribution in [-0.4, -0.2) is 4.57 Å². The first kappa shape index (κ1) is 36.4. The van der Waals surface area contributed by atoms with Crippen molar-refractivity contribution in [2.45, 2.75) is 53.9 Å². The van der Waals surface area contributed by atoms with Crippen molar-refractivity contribution in [1.29, 1.82) is 0 Å². The van der Waals surface area contributed by atoms with E-state index in [4.69, 9.17) is 0 Å². The Morgan fingerprint density at radius 3 is 1.78 bits per heavy atom. The summed E-state index contributed by atoms with van der Waals surface area (Å²) in [6.45, 7) is 10.9. The molecule has 1 aliphatic carbocycles. The van der Waals surface area contributed by atoms with E-state index in [1.807, 2.05) is 18.2 Å². The standard InChI is InChI=1S/C41H31N.C7H8.C5H12/c1-28-17-19-30(20-18-28)31-21-23-32(24-22-31)37-15-8-16-39-41(37)38-26-34-11-5-6-12-35(34)27-40(38)42(39)36-14-7-13-33(25-36)29-9-3-2-4-10-29;1-7-5-3-2-4-6-7;1-4-5(2)3/h3,5-27H,2,4H2,1H3;2-6H,1H3;5H,4H2,1-3H3. The molecule has 1 aromatic heterocycles. The normalized spacial score (nSPS) is 12.3. The minimum atomic E-state index is 0.884. The van der Waals surface area contributed by atoms with Gasteiger partial charge in [-0.3, -0.25) is 0 Å². The van der Waals surface area contributed by atoms with Crippen LogP contribution in [0.5, 0.6) is 0 Å². The van der Waals surface area contributed by atoms with Crippen molar-refractivity contribution in [3.8, 4) is 27.9 Å². The Labute approximate surface area is 321 Å². The second-order valence-corrected chi connectivity index (χ2v) is 14.8. The molecule has 0 radical (unpaired) electrons. The van der Waals surface area contributed by atoms with Crippen molar-refractivity contribution in [2.24, 2.45) is 5.92 Å². The van der Waals surface area contributed by atoms with Crippen LogP contribution in [-0.2, 0) is 0 Å². The molecule has 1 heteroatoms. The van der Waals surface area contributed by atoms with Gasteiger partial charge in [-0.05, 0) is 107 Å². The lowest BCUT2D eigenvalue weighted by Gasteiger charge is -2.13. The van der Waals surface area contributed by atoms with Crippen LogP contribution in [0.3, 0.4) is 0 Å². The predicted octanol–water partition coefficient (Wildman–Crippen LogP) is 15.4. The molecule has 0 atom stereocenters. The molecular formula is C53H51N. The van der Waals surface area contributed by atoms with Gasteiger partial charge in [0.1, 0.15) is 0 Å². The van der Waals surface area contributed by atoms with Crippen LogP contribution in [0.15, 0.2) is 176 Å². The van der Waals surface area contributed by atoms with Crippen molar-refractivity contribution in [1.82, 2.24) is 4.57 Å². The van der Waals surface area contributed by atoms with Crippen molar-refractivity contribution in [3.63, 3.8) is 0 Å². The summed E-state index contributed by atoms with van der Waals surface area (Å²) in [7, 11) is 0. The van der Waals surface area contributed by atoms with Gasteiger partial charge in [0.2, 0.25) is 0 Å². The fourth-order valence-corrected chi connectivity index (χ4v) is 7.05. The van der Waals surface area contributed by atoms with Crippen molar-refractivity contribution >= 4 is 38.2 Å². The Bertz CT molecular complexity index is 2540. The Hall–Kier alpha value is -5.92. The quantitative estimate of drug-likeness (QED) is 0.168. The van der Waals surface area contributed by atoms with Crippen LogP contribution in [0.2, 0.25) is 0 Å². The van der Waals surface area contributed by atoms with Crippen LogP contribution in [0.1, 0.15) is 56.7 Å². The third kappa shape index (κ3) is 8.17. The highest BCUT2D eigenvalue weighted by atomic mass is 15.0. The summed E-state index contributed by atoms with van der Waals surface area (Å²) in [4.78, 5) is 0. The van der Waals surface area contributed by atoms with Crippen LogP contribution in [0.25, 0.3) is 66.1 Å². The molecular weight excluding hydrogens is 651 g/mol. The maximum Gasteiger partial charge on any atom is 0.0547 e. The number of hydrogen-bond donors (Lipinski definition) is 0. The van der Waals surface area contributed by atoms with Crippen LogP contribution in [0, 0.1) is 19.8 Å². The van der Waals surface area contributed by atoms with Gasteiger partial charge in [0.05, 0.1) is 11.0 Å².